The monoisotopic (exact) mass is 227 g/mol. The maximum Gasteiger partial charge on any atom is 0.217 e. The Kier molecular flexibility index (Phi) is 2.63. The van der Waals surface area contributed by atoms with E-state index in [0.29, 0.717) is 18.2 Å². The van der Waals surface area contributed by atoms with E-state index < -0.39 is 5.41 Å². The highest BCUT2D eigenvalue weighted by Crippen LogP contribution is 2.33. The number of hydrogen-bond acceptors (Lipinski definition) is 3. The van der Waals surface area contributed by atoms with Crippen LogP contribution in [0.15, 0.2) is 24.3 Å². The lowest BCUT2D eigenvalue weighted by Gasteiger charge is -2.38. The van der Waals surface area contributed by atoms with Crippen molar-refractivity contribution < 1.29 is 9.66 Å². The van der Waals surface area contributed by atoms with Crippen molar-refractivity contribution in [3.05, 3.63) is 45.0 Å². The molecular weight excluding hydrogens is 218 g/mol. The van der Waals surface area contributed by atoms with Crippen LogP contribution in [0.2, 0.25) is 5.02 Å². The topological polar surface area (TPSA) is 52.4 Å². The summed E-state index contributed by atoms with van der Waals surface area (Å²) in [5, 5.41) is 11.2. The quantitative estimate of drug-likeness (QED) is 0.585. The van der Waals surface area contributed by atoms with Crippen molar-refractivity contribution >= 4 is 11.6 Å². The van der Waals surface area contributed by atoms with Crippen molar-refractivity contribution in [3.63, 3.8) is 0 Å². The molecule has 5 heteroatoms. The lowest BCUT2D eigenvalue weighted by molar-refractivity contribution is -0.498. The average molecular weight is 228 g/mol. The molecule has 1 aliphatic rings. The Morgan fingerprint density at radius 2 is 2.00 bits per heavy atom. The second-order valence-electron chi connectivity index (χ2n) is 3.77. The van der Waals surface area contributed by atoms with Gasteiger partial charge in [-0.2, -0.15) is 0 Å². The summed E-state index contributed by atoms with van der Waals surface area (Å²) in [5.41, 5.74) is 0.475. The third-order valence-corrected chi connectivity index (χ3v) is 2.90. The number of nitrogens with zero attached hydrogens (tertiary/aromatic N) is 1. The minimum Gasteiger partial charge on any atom is -0.379 e. The fourth-order valence-electron chi connectivity index (χ4n) is 1.75. The van der Waals surface area contributed by atoms with Crippen LogP contribution in [0, 0.1) is 10.1 Å². The molecule has 1 aliphatic heterocycles. The van der Waals surface area contributed by atoms with E-state index >= 15 is 0 Å². The molecule has 1 aromatic rings. The van der Waals surface area contributed by atoms with Gasteiger partial charge in [0.05, 0.1) is 13.2 Å². The largest absolute Gasteiger partial charge is 0.379 e. The number of rotatable bonds is 3. The van der Waals surface area contributed by atoms with E-state index in [0.717, 1.165) is 5.56 Å². The minimum absolute atomic E-state index is 0.0887. The fourth-order valence-corrected chi connectivity index (χ4v) is 1.87. The molecule has 0 radical (unpaired) electrons. The molecule has 0 aliphatic carbocycles. The Labute approximate surface area is 92.0 Å². The van der Waals surface area contributed by atoms with Gasteiger partial charge in [0.15, 0.2) is 0 Å². The standard InChI is InChI=1S/C10H10ClNO3/c11-9-3-1-8(2-4-9)10(5-12(13)14)6-15-7-10/h1-4H,5-7H2. The fraction of sp³-hybridized carbons (Fsp3) is 0.400. The SMILES string of the molecule is O=[N+]([O-])CC1(c2ccc(Cl)cc2)COC1. The van der Waals surface area contributed by atoms with Gasteiger partial charge in [0, 0.05) is 9.95 Å². The Hall–Kier alpha value is -1.13. The van der Waals surface area contributed by atoms with Gasteiger partial charge in [0.25, 0.3) is 0 Å². The third kappa shape index (κ3) is 1.96. The van der Waals surface area contributed by atoms with Crippen LogP contribution in [0.3, 0.4) is 0 Å². The first kappa shape index (κ1) is 10.4. The van der Waals surface area contributed by atoms with E-state index in [4.69, 9.17) is 16.3 Å². The molecule has 1 saturated heterocycles. The molecule has 0 atom stereocenters. The predicted octanol–water partition coefficient (Wildman–Crippen LogP) is 1.88. The zero-order valence-electron chi connectivity index (χ0n) is 7.98. The first-order valence-electron chi connectivity index (χ1n) is 4.58. The van der Waals surface area contributed by atoms with Crippen molar-refractivity contribution in [2.45, 2.75) is 5.41 Å². The summed E-state index contributed by atoms with van der Waals surface area (Å²) < 4.78 is 5.09. The van der Waals surface area contributed by atoms with Gasteiger partial charge in [-0.3, -0.25) is 10.1 Å². The lowest BCUT2D eigenvalue weighted by atomic mass is 9.79. The molecule has 1 heterocycles. The number of ether oxygens (including phenoxy) is 1. The Balaban J connectivity index is 2.26. The van der Waals surface area contributed by atoms with E-state index in [1.165, 1.54) is 0 Å². The van der Waals surface area contributed by atoms with Gasteiger partial charge in [0.1, 0.15) is 5.41 Å². The number of halogens is 1. The van der Waals surface area contributed by atoms with E-state index in [-0.39, 0.29) is 11.5 Å². The second-order valence-corrected chi connectivity index (χ2v) is 4.21. The number of nitro groups is 1. The summed E-state index contributed by atoms with van der Waals surface area (Å²) in [7, 11) is 0. The van der Waals surface area contributed by atoms with Gasteiger partial charge in [-0.15, -0.1) is 0 Å². The van der Waals surface area contributed by atoms with Gasteiger partial charge in [-0.25, -0.2) is 0 Å². The van der Waals surface area contributed by atoms with Crippen LogP contribution in [0.1, 0.15) is 5.56 Å². The van der Waals surface area contributed by atoms with Gasteiger partial charge in [0.2, 0.25) is 6.54 Å². The molecule has 0 unspecified atom stereocenters. The molecule has 80 valence electrons. The van der Waals surface area contributed by atoms with Crippen molar-refractivity contribution in [2.75, 3.05) is 19.8 Å². The van der Waals surface area contributed by atoms with Crippen molar-refractivity contribution in [3.8, 4) is 0 Å². The molecule has 0 spiro atoms. The number of hydrogen-bond donors (Lipinski definition) is 0. The molecule has 4 nitrogen and oxygen atoms in total. The molecule has 0 N–H and O–H groups in total. The van der Waals surface area contributed by atoms with Crippen LogP contribution in [0.4, 0.5) is 0 Å². The second kappa shape index (κ2) is 3.79. The zero-order valence-corrected chi connectivity index (χ0v) is 8.74. The summed E-state index contributed by atoms with van der Waals surface area (Å²) in [6.07, 6.45) is 0. The molecule has 0 aromatic heterocycles. The highest BCUT2D eigenvalue weighted by Gasteiger charge is 2.45. The maximum atomic E-state index is 10.6. The Morgan fingerprint density at radius 3 is 2.40 bits per heavy atom. The Morgan fingerprint density at radius 1 is 1.40 bits per heavy atom. The van der Waals surface area contributed by atoms with Crippen molar-refractivity contribution in [1.29, 1.82) is 0 Å². The van der Waals surface area contributed by atoms with E-state index in [9.17, 15) is 10.1 Å². The van der Waals surface area contributed by atoms with Gasteiger partial charge in [-0.1, -0.05) is 23.7 Å². The van der Waals surface area contributed by atoms with Gasteiger partial charge >= 0.3 is 0 Å². The van der Waals surface area contributed by atoms with Crippen LogP contribution in [0.25, 0.3) is 0 Å². The van der Waals surface area contributed by atoms with Crippen LogP contribution < -0.4 is 0 Å². The number of benzene rings is 1. The molecule has 15 heavy (non-hydrogen) atoms. The Bertz CT molecular complexity index is 373. The lowest BCUT2D eigenvalue weighted by Crippen LogP contribution is -2.51. The van der Waals surface area contributed by atoms with Gasteiger partial charge < -0.3 is 4.74 Å². The van der Waals surface area contributed by atoms with Crippen LogP contribution in [-0.2, 0) is 10.2 Å². The summed E-state index contributed by atoms with van der Waals surface area (Å²) in [6.45, 7) is 0.736. The molecule has 0 bridgehead atoms. The maximum absolute atomic E-state index is 10.6. The average Bonchev–Trinajstić information content (AvgIpc) is 2.13. The van der Waals surface area contributed by atoms with E-state index in [1.807, 2.05) is 12.1 Å². The normalized spacial score (nSPS) is 18.2. The molecular formula is C10H10ClNO3. The first-order valence-corrected chi connectivity index (χ1v) is 4.96. The highest BCUT2D eigenvalue weighted by molar-refractivity contribution is 6.30. The highest BCUT2D eigenvalue weighted by atomic mass is 35.5. The van der Waals surface area contributed by atoms with Crippen molar-refractivity contribution in [1.82, 2.24) is 0 Å². The van der Waals surface area contributed by atoms with E-state index in [1.54, 1.807) is 12.1 Å². The first-order chi connectivity index (χ1) is 7.12. The summed E-state index contributed by atoms with van der Waals surface area (Å²) in [4.78, 5) is 10.3. The summed E-state index contributed by atoms with van der Waals surface area (Å²) in [6, 6.07) is 7.15. The van der Waals surface area contributed by atoms with Crippen molar-refractivity contribution in [2.24, 2.45) is 0 Å². The molecule has 0 saturated carbocycles. The smallest absolute Gasteiger partial charge is 0.217 e. The molecule has 1 fully saturated rings. The third-order valence-electron chi connectivity index (χ3n) is 2.65. The predicted molar refractivity (Wildman–Crippen MR) is 55.8 cm³/mol. The molecule has 1 aromatic carbocycles. The van der Waals surface area contributed by atoms with Gasteiger partial charge in [-0.05, 0) is 17.7 Å². The molecule has 0 amide bonds. The molecule has 2 rings (SSSR count). The van der Waals surface area contributed by atoms with Crippen LogP contribution >= 0.6 is 11.6 Å². The van der Waals surface area contributed by atoms with Crippen LogP contribution in [0.5, 0.6) is 0 Å². The van der Waals surface area contributed by atoms with E-state index in [2.05, 4.69) is 0 Å². The zero-order chi connectivity index (χ0) is 10.9. The summed E-state index contributed by atoms with van der Waals surface area (Å²) in [5.74, 6) is 0. The minimum atomic E-state index is -0.450. The van der Waals surface area contributed by atoms with Crippen LogP contribution in [-0.4, -0.2) is 24.7 Å². The summed E-state index contributed by atoms with van der Waals surface area (Å²) >= 11 is 5.76.